The minimum atomic E-state index is -0.660. The average Bonchev–Trinajstić information content (AvgIpc) is 2.00. The second kappa shape index (κ2) is 3.66. The molecule has 4 nitrogen and oxygen atoms in total. The number of halogens is 1. The van der Waals surface area contributed by atoms with Gasteiger partial charge in [0.15, 0.2) is 0 Å². The van der Waals surface area contributed by atoms with E-state index in [-0.39, 0.29) is 12.5 Å². The molecule has 0 aromatic carbocycles. The molecule has 1 aromatic heterocycles. The molecule has 0 aliphatic rings. The van der Waals surface area contributed by atoms with E-state index in [0.29, 0.717) is 0 Å². The molecule has 1 heterocycles. The van der Waals surface area contributed by atoms with Crippen molar-refractivity contribution in [3.05, 3.63) is 18.3 Å². The maximum Gasteiger partial charge on any atom is 0.235 e. The van der Waals surface area contributed by atoms with Crippen LogP contribution in [0.15, 0.2) is 12.4 Å². The predicted octanol–water partition coefficient (Wildman–Crippen LogP) is 0.732. The number of hydrogen-bond donors (Lipinski definition) is 1. The van der Waals surface area contributed by atoms with E-state index in [9.17, 15) is 4.39 Å². The van der Waals surface area contributed by atoms with E-state index >= 15 is 0 Å². The Balaban J connectivity index is 2.55. The molecule has 13 heavy (non-hydrogen) atoms. The third-order valence-electron chi connectivity index (χ3n) is 1.18. The third-order valence-corrected chi connectivity index (χ3v) is 1.18. The quantitative estimate of drug-likeness (QED) is 0.754. The van der Waals surface area contributed by atoms with Gasteiger partial charge in [0.2, 0.25) is 11.8 Å². The van der Waals surface area contributed by atoms with Crippen molar-refractivity contribution >= 4 is 0 Å². The van der Waals surface area contributed by atoms with Crippen LogP contribution in [0.4, 0.5) is 4.39 Å². The van der Waals surface area contributed by atoms with Crippen LogP contribution in [-0.2, 0) is 0 Å². The number of nitrogens with zero attached hydrogens (tertiary/aromatic N) is 2. The van der Waals surface area contributed by atoms with E-state index in [4.69, 9.17) is 10.5 Å². The minimum absolute atomic E-state index is 0.151. The summed E-state index contributed by atoms with van der Waals surface area (Å²) >= 11 is 0. The summed E-state index contributed by atoms with van der Waals surface area (Å²) < 4.78 is 17.6. The SMILES string of the molecule is CC(C)(N)COc1cncc(F)n1. The van der Waals surface area contributed by atoms with Gasteiger partial charge in [-0.15, -0.1) is 0 Å². The molecule has 0 bridgehead atoms. The molecule has 0 aliphatic carbocycles. The normalized spacial score (nSPS) is 11.4. The van der Waals surface area contributed by atoms with Crippen LogP contribution < -0.4 is 10.5 Å². The molecule has 0 saturated carbocycles. The average molecular weight is 185 g/mol. The Labute approximate surface area is 75.9 Å². The van der Waals surface area contributed by atoms with Gasteiger partial charge in [-0.2, -0.15) is 9.37 Å². The predicted molar refractivity (Wildman–Crippen MR) is 45.8 cm³/mol. The lowest BCUT2D eigenvalue weighted by Crippen LogP contribution is -2.38. The van der Waals surface area contributed by atoms with Crippen LogP contribution in [0.25, 0.3) is 0 Å². The van der Waals surface area contributed by atoms with E-state index in [1.54, 1.807) is 13.8 Å². The van der Waals surface area contributed by atoms with E-state index in [2.05, 4.69) is 9.97 Å². The first-order valence-corrected chi connectivity index (χ1v) is 3.86. The van der Waals surface area contributed by atoms with Crippen molar-refractivity contribution in [2.75, 3.05) is 6.61 Å². The summed E-state index contributed by atoms with van der Waals surface area (Å²) in [7, 11) is 0. The molecule has 0 radical (unpaired) electrons. The van der Waals surface area contributed by atoms with Crippen molar-refractivity contribution < 1.29 is 9.13 Å². The van der Waals surface area contributed by atoms with Gasteiger partial charge in [-0.05, 0) is 13.8 Å². The van der Waals surface area contributed by atoms with Gasteiger partial charge in [0.05, 0.1) is 12.4 Å². The smallest absolute Gasteiger partial charge is 0.235 e. The fourth-order valence-electron chi connectivity index (χ4n) is 0.655. The van der Waals surface area contributed by atoms with Crippen LogP contribution >= 0.6 is 0 Å². The van der Waals surface area contributed by atoms with Crippen LogP contribution in [0.3, 0.4) is 0 Å². The molecule has 0 saturated heterocycles. The van der Waals surface area contributed by atoms with Crippen molar-refractivity contribution in [2.45, 2.75) is 19.4 Å². The lowest BCUT2D eigenvalue weighted by molar-refractivity contribution is 0.231. The number of ether oxygens (including phenoxy) is 1. The molecular formula is C8H12FN3O. The van der Waals surface area contributed by atoms with Gasteiger partial charge < -0.3 is 10.5 Å². The summed E-state index contributed by atoms with van der Waals surface area (Å²) in [5.74, 6) is -0.508. The van der Waals surface area contributed by atoms with Gasteiger partial charge in [-0.3, -0.25) is 4.98 Å². The zero-order valence-electron chi connectivity index (χ0n) is 7.62. The Morgan fingerprint density at radius 2 is 2.23 bits per heavy atom. The topological polar surface area (TPSA) is 61.0 Å². The third kappa shape index (κ3) is 3.80. The summed E-state index contributed by atoms with van der Waals surface area (Å²) in [6.45, 7) is 3.88. The molecule has 0 spiro atoms. The first-order valence-electron chi connectivity index (χ1n) is 3.86. The molecule has 1 rings (SSSR count). The highest BCUT2D eigenvalue weighted by Crippen LogP contribution is 2.06. The Kier molecular flexibility index (Phi) is 2.77. The van der Waals surface area contributed by atoms with E-state index in [1.165, 1.54) is 6.20 Å². The molecule has 72 valence electrons. The largest absolute Gasteiger partial charge is 0.475 e. The van der Waals surface area contributed by atoms with Gasteiger partial charge in [0.25, 0.3) is 0 Å². The van der Waals surface area contributed by atoms with Crippen LogP contribution in [-0.4, -0.2) is 22.1 Å². The van der Waals surface area contributed by atoms with Crippen molar-refractivity contribution in [1.82, 2.24) is 9.97 Å². The number of rotatable bonds is 3. The summed E-state index contributed by atoms with van der Waals surface area (Å²) in [4.78, 5) is 7.05. The van der Waals surface area contributed by atoms with Crippen molar-refractivity contribution in [3.63, 3.8) is 0 Å². The molecule has 0 amide bonds. The summed E-state index contributed by atoms with van der Waals surface area (Å²) in [5, 5.41) is 0. The Morgan fingerprint density at radius 1 is 1.54 bits per heavy atom. The summed E-state index contributed by atoms with van der Waals surface area (Å²) in [6.07, 6.45) is 2.36. The van der Waals surface area contributed by atoms with Crippen LogP contribution in [0.1, 0.15) is 13.8 Å². The minimum Gasteiger partial charge on any atom is -0.475 e. The van der Waals surface area contributed by atoms with Crippen molar-refractivity contribution in [2.24, 2.45) is 5.73 Å². The standard InChI is InChI=1S/C8H12FN3O/c1-8(2,10)5-13-7-4-11-3-6(9)12-7/h3-4H,5,10H2,1-2H3. The second-order valence-electron chi connectivity index (χ2n) is 3.46. The Morgan fingerprint density at radius 3 is 2.77 bits per heavy atom. The molecule has 2 N–H and O–H groups in total. The fraction of sp³-hybridized carbons (Fsp3) is 0.500. The number of nitrogens with two attached hydrogens (primary N) is 1. The molecule has 1 aromatic rings. The highest BCUT2D eigenvalue weighted by atomic mass is 19.1. The van der Waals surface area contributed by atoms with Gasteiger partial charge in [0, 0.05) is 5.54 Å². The van der Waals surface area contributed by atoms with Gasteiger partial charge in [-0.25, -0.2) is 0 Å². The molecular weight excluding hydrogens is 173 g/mol. The Bertz CT molecular complexity index is 285. The van der Waals surface area contributed by atoms with Gasteiger partial charge in [0.1, 0.15) is 6.61 Å². The van der Waals surface area contributed by atoms with E-state index < -0.39 is 11.5 Å². The number of hydrogen-bond acceptors (Lipinski definition) is 4. The highest BCUT2D eigenvalue weighted by Gasteiger charge is 2.12. The summed E-state index contributed by atoms with van der Waals surface area (Å²) in [5.41, 5.74) is 5.19. The van der Waals surface area contributed by atoms with Crippen LogP contribution in [0.5, 0.6) is 5.88 Å². The van der Waals surface area contributed by atoms with E-state index in [0.717, 1.165) is 6.20 Å². The zero-order chi connectivity index (χ0) is 9.90. The first kappa shape index (κ1) is 9.85. The highest BCUT2D eigenvalue weighted by molar-refractivity contribution is 5.02. The van der Waals surface area contributed by atoms with Gasteiger partial charge in [-0.1, -0.05) is 0 Å². The monoisotopic (exact) mass is 185 g/mol. The van der Waals surface area contributed by atoms with E-state index in [1.807, 2.05) is 0 Å². The lowest BCUT2D eigenvalue weighted by atomic mass is 10.1. The molecule has 0 unspecified atom stereocenters. The van der Waals surface area contributed by atoms with Crippen molar-refractivity contribution in [1.29, 1.82) is 0 Å². The maximum absolute atomic E-state index is 12.5. The second-order valence-corrected chi connectivity index (χ2v) is 3.46. The van der Waals surface area contributed by atoms with Crippen LogP contribution in [0, 0.1) is 5.95 Å². The Hall–Kier alpha value is -1.23. The first-order chi connectivity index (χ1) is 5.97. The van der Waals surface area contributed by atoms with Gasteiger partial charge >= 0.3 is 0 Å². The maximum atomic E-state index is 12.5. The fourth-order valence-corrected chi connectivity index (χ4v) is 0.655. The number of aromatic nitrogens is 2. The van der Waals surface area contributed by atoms with Crippen molar-refractivity contribution in [3.8, 4) is 5.88 Å². The molecule has 0 atom stereocenters. The molecule has 0 fully saturated rings. The van der Waals surface area contributed by atoms with Crippen LogP contribution in [0.2, 0.25) is 0 Å². The molecule has 5 heteroatoms. The zero-order valence-corrected chi connectivity index (χ0v) is 7.62. The summed E-state index contributed by atoms with van der Waals surface area (Å²) in [6, 6.07) is 0. The molecule has 0 aliphatic heterocycles. The lowest BCUT2D eigenvalue weighted by Gasteiger charge is -2.17.